The highest BCUT2D eigenvalue weighted by Crippen LogP contribution is 2.88. The van der Waals surface area contributed by atoms with Gasteiger partial charge in [-0.3, -0.25) is 4.79 Å². The summed E-state index contributed by atoms with van der Waals surface area (Å²) in [5.41, 5.74) is 2.93. The summed E-state index contributed by atoms with van der Waals surface area (Å²) in [6.07, 6.45) is 0. The Morgan fingerprint density at radius 3 is 2.05 bits per heavy atom. The second kappa shape index (κ2) is 3.71. The van der Waals surface area contributed by atoms with Crippen molar-refractivity contribution in [2.75, 3.05) is 0 Å². The van der Waals surface area contributed by atoms with Crippen LogP contribution in [0.3, 0.4) is 0 Å². The Bertz CT molecular complexity index is 761. The standard InChI is InChI=1S/C21H20O/c1-20(2)16(13-9-5-3-6-10-13)15-17-18(19(15)22)21(17,20)14-11-7-4-8-12-14/h3-12,15-18H,1-2H3. The molecule has 110 valence electrons. The number of hydrogen-bond acceptors (Lipinski definition) is 1. The number of fused-ring (bicyclic) bond motifs is 1. The fourth-order valence-corrected chi connectivity index (χ4v) is 6.22. The Kier molecular flexibility index (Phi) is 2.13. The lowest BCUT2D eigenvalue weighted by molar-refractivity contribution is -0.134. The molecule has 0 amide bonds. The van der Waals surface area contributed by atoms with E-state index >= 15 is 0 Å². The molecule has 0 radical (unpaired) electrons. The molecule has 22 heavy (non-hydrogen) atoms. The van der Waals surface area contributed by atoms with E-state index in [0.29, 0.717) is 17.6 Å². The minimum atomic E-state index is 0.0799. The number of hydrogen-bond donors (Lipinski definition) is 0. The number of carbonyl (C=O) groups excluding carboxylic acids is 1. The van der Waals surface area contributed by atoms with Gasteiger partial charge in [-0.15, -0.1) is 0 Å². The fraction of sp³-hybridized carbons (Fsp3) is 0.381. The molecule has 3 aliphatic rings. The van der Waals surface area contributed by atoms with Crippen LogP contribution in [0, 0.1) is 23.2 Å². The van der Waals surface area contributed by atoms with Crippen LogP contribution in [0.1, 0.15) is 30.9 Å². The van der Waals surface area contributed by atoms with Crippen LogP contribution in [-0.2, 0) is 10.2 Å². The largest absolute Gasteiger partial charge is 0.299 e. The summed E-state index contributed by atoms with van der Waals surface area (Å²) in [6.45, 7) is 4.77. The molecule has 0 N–H and O–H groups in total. The van der Waals surface area contributed by atoms with Crippen LogP contribution in [0.2, 0.25) is 0 Å². The summed E-state index contributed by atoms with van der Waals surface area (Å²) in [6, 6.07) is 21.4. The van der Waals surface area contributed by atoms with Crippen molar-refractivity contribution in [2.45, 2.75) is 25.2 Å². The van der Waals surface area contributed by atoms with E-state index in [1.807, 2.05) is 0 Å². The SMILES string of the molecule is CC1(C)C(c2ccccc2)C2C(=O)C3C2C31c1ccccc1. The Morgan fingerprint density at radius 1 is 0.818 bits per heavy atom. The zero-order valence-electron chi connectivity index (χ0n) is 13.0. The third-order valence-corrected chi connectivity index (χ3v) is 6.90. The quantitative estimate of drug-likeness (QED) is 0.809. The first kappa shape index (κ1) is 12.6. The molecule has 5 atom stereocenters. The molecule has 5 unspecified atom stereocenters. The van der Waals surface area contributed by atoms with Crippen LogP contribution in [0.5, 0.6) is 0 Å². The van der Waals surface area contributed by atoms with Gasteiger partial charge in [-0.25, -0.2) is 0 Å². The number of benzene rings is 2. The normalized spacial score (nSPS) is 40.0. The van der Waals surface area contributed by atoms with Gasteiger partial charge in [-0.2, -0.15) is 0 Å². The van der Waals surface area contributed by atoms with Crippen molar-refractivity contribution in [3.05, 3.63) is 71.8 Å². The third-order valence-electron chi connectivity index (χ3n) is 6.90. The van der Waals surface area contributed by atoms with Gasteiger partial charge in [-0.1, -0.05) is 74.5 Å². The van der Waals surface area contributed by atoms with E-state index in [-0.39, 0.29) is 22.7 Å². The van der Waals surface area contributed by atoms with E-state index in [2.05, 4.69) is 74.5 Å². The molecular weight excluding hydrogens is 268 g/mol. The van der Waals surface area contributed by atoms with Gasteiger partial charge in [0.05, 0.1) is 0 Å². The van der Waals surface area contributed by atoms with Gasteiger partial charge in [0.1, 0.15) is 5.78 Å². The molecule has 0 heterocycles. The molecule has 0 spiro atoms. The summed E-state index contributed by atoms with van der Waals surface area (Å²) in [4.78, 5) is 12.7. The molecule has 1 heteroatoms. The van der Waals surface area contributed by atoms with E-state index in [1.165, 1.54) is 11.1 Å². The van der Waals surface area contributed by atoms with Crippen molar-refractivity contribution in [1.29, 1.82) is 0 Å². The van der Waals surface area contributed by atoms with Gasteiger partial charge in [0.25, 0.3) is 0 Å². The number of Topliss-reactive ketones (excluding diaryl/α,β-unsaturated/α-hetero) is 1. The third kappa shape index (κ3) is 1.11. The Balaban J connectivity index is 1.70. The van der Waals surface area contributed by atoms with Gasteiger partial charge in [0.2, 0.25) is 0 Å². The van der Waals surface area contributed by atoms with Crippen LogP contribution in [0.4, 0.5) is 0 Å². The van der Waals surface area contributed by atoms with Crippen molar-refractivity contribution >= 4 is 5.78 Å². The molecule has 0 aliphatic heterocycles. The van der Waals surface area contributed by atoms with Crippen molar-refractivity contribution in [3.8, 4) is 0 Å². The Hall–Kier alpha value is -1.89. The van der Waals surface area contributed by atoms with Crippen LogP contribution < -0.4 is 0 Å². The highest BCUT2D eigenvalue weighted by atomic mass is 16.1. The molecule has 2 aromatic carbocycles. The molecule has 0 bridgehead atoms. The minimum Gasteiger partial charge on any atom is -0.299 e. The number of ketones is 1. The first-order valence-electron chi connectivity index (χ1n) is 8.26. The van der Waals surface area contributed by atoms with Crippen molar-refractivity contribution in [1.82, 2.24) is 0 Å². The van der Waals surface area contributed by atoms with Crippen molar-refractivity contribution < 1.29 is 4.79 Å². The fourth-order valence-electron chi connectivity index (χ4n) is 6.22. The van der Waals surface area contributed by atoms with Crippen LogP contribution in [0.15, 0.2) is 60.7 Å². The van der Waals surface area contributed by atoms with Gasteiger partial charge < -0.3 is 0 Å². The second-order valence-electron chi connectivity index (χ2n) is 7.78. The molecule has 2 aromatic rings. The second-order valence-corrected chi connectivity index (χ2v) is 7.78. The zero-order valence-corrected chi connectivity index (χ0v) is 13.0. The molecule has 1 nitrogen and oxygen atoms in total. The maximum Gasteiger partial charge on any atom is 0.141 e. The van der Waals surface area contributed by atoms with Gasteiger partial charge >= 0.3 is 0 Å². The minimum absolute atomic E-state index is 0.0799. The number of carbonyl (C=O) groups is 1. The van der Waals surface area contributed by atoms with Crippen molar-refractivity contribution in [2.24, 2.45) is 23.2 Å². The Morgan fingerprint density at radius 2 is 1.41 bits per heavy atom. The molecule has 3 saturated carbocycles. The molecule has 0 aromatic heterocycles. The monoisotopic (exact) mass is 288 g/mol. The van der Waals surface area contributed by atoms with Crippen LogP contribution in [-0.4, -0.2) is 5.78 Å². The van der Waals surface area contributed by atoms with Gasteiger partial charge in [0.15, 0.2) is 0 Å². The van der Waals surface area contributed by atoms with E-state index in [0.717, 1.165) is 0 Å². The lowest BCUT2D eigenvalue weighted by Gasteiger charge is -2.45. The lowest BCUT2D eigenvalue weighted by Crippen LogP contribution is -2.45. The molecule has 3 aliphatic carbocycles. The van der Waals surface area contributed by atoms with Gasteiger partial charge in [0, 0.05) is 17.3 Å². The highest BCUT2D eigenvalue weighted by Gasteiger charge is 2.91. The van der Waals surface area contributed by atoms with Crippen LogP contribution in [0.25, 0.3) is 0 Å². The first-order valence-corrected chi connectivity index (χ1v) is 8.26. The zero-order chi connectivity index (χ0) is 15.1. The topological polar surface area (TPSA) is 17.1 Å². The molecular formula is C21H20O. The van der Waals surface area contributed by atoms with Gasteiger partial charge in [-0.05, 0) is 28.4 Å². The maximum absolute atomic E-state index is 12.7. The highest BCUT2D eigenvalue weighted by molar-refractivity contribution is 6.01. The average Bonchev–Trinajstić information content (AvgIpc) is 3.15. The summed E-state index contributed by atoms with van der Waals surface area (Å²) in [7, 11) is 0. The lowest BCUT2D eigenvalue weighted by atomic mass is 9.57. The maximum atomic E-state index is 12.7. The predicted molar refractivity (Wildman–Crippen MR) is 86.6 cm³/mol. The van der Waals surface area contributed by atoms with E-state index in [4.69, 9.17) is 0 Å². The average molecular weight is 288 g/mol. The predicted octanol–water partition coefficient (Wildman–Crippen LogP) is 4.19. The van der Waals surface area contributed by atoms with Crippen molar-refractivity contribution in [3.63, 3.8) is 0 Å². The summed E-state index contributed by atoms with van der Waals surface area (Å²) >= 11 is 0. The summed E-state index contributed by atoms with van der Waals surface area (Å²) < 4.78 is 0. The Labute approximate surface area is 131 Å². The number of rotatable bonds is 2. The van der Waals surface area contributed by atoms with E-state index in [9.17, 15) is 4.79 Å². The molecule has 3 fully saturated rings. The molecule has 5 rings (SSSR count). The van der Waals surface area contributed by atoms with Crippen LogP contribution >= 0.6 is 0 Å². The smallest absolute Gasteiger partial charge is 0.141 e. The van der Waals surface area contributed by atoms with E-state index in [1.54, 1.807) is 0 Å². The summed E-state index contributed by atoms with van der Waals surface area (Å²) in [5.74, 6) is 1.97. The molecule has 0 saturated heterocycles. The summed E-state index contributed by atoms with van der Waals surface area (Å²) in [5, 5.41) is 0. The first-order chi connectivity index (χ1) is 10.6. The van der Waals surface area contributed by atoms with E-state index < -0.39 is 0 Å².